The van der Waals surface area contributed by atoms with E-state index in [1.54, 1.807) is 0 Å². The Kier molecular flexibility index (Phi) is 2.05. The standard InChI is InChI=1S/C11H13NO/c1-8-5-3-4-6-10(8)11-12-9(2)7-13-11/h3-6,9H,7H2,1-2H3/t9-/m0/s1. The van der Waals surface area contributed by atoms with Crippen LogP contribution in [0.2, 0.25) is 0 Å². The summed E-state index contributed by atoms with van der Waals surface area (Å²) in [6.45, 7) is 4.85. The number of benzene rings is 1. The number of aryl methyl sites for hydroxylation is 1. The summed E-state index contributed by atoms with van der Waals surface area (Å²) in [6.07, 6.45) is 0. The smallest absolute Gasteiger partial charge is 0.216 e. The molecule has 0 aliphatic carbocycles. The number of nitrogens with zero attached hydrogens (tertiary/aromatic N) is 1. The van der Waals surface area contributed by atoms with E-state index in [9.17, 15) is 0 Å². The van der Waals surface area contributed by atoms with Gasteiger partial charge in [0.05, 0.1) is 6.04 Å². The molecular formula is C11H13NO. The second-order valence-electron chi connectivity index (χ2n) is 3.41. The van der Waals surface area contributed by atoms with Crippen molar-refractivity contribution < 1.29 is 4.74 Å². The molecule has 2 rings (SSSR count). The molecule has 0 radical (unpaired) electrons. The summed E-state index contributed by atoms with van der Waals surface area (Å²) in [5, 5.41) is 0. The van der Waals surface area contributed by atoms with Gasteiger partial charge in [-0.15, -0.1) is 0 Å². The Balaban J connectivity index is 2.36. The first-order valence-electron chi connectivity index (χ1n) is 4.54. The van der Waals surface area contributed by atoms with E-state index in [2.05, 4.69) is 24.9 Å². The second kappa shape index (κ2) is 3.21. The van der Waals surface area contributed by atoms with Gasteiger partial charge < -0.3 is 4.74 Å². The molecule has 0 bridgehead atoms. The van der Waals surface area contributed by atoms with E-state index in [0.717, 1.165) is 11.5 Å². The van der Waals surface area contributed by atoms with Crippen LogP contribution >= 0.6 is 0 Å². The summed E-state index contributed by atoms with van der Waals surface area (Å²) in [6, 6.07) is 8.46. The Morgan fingerprint density at radius 2 is 2.15 bits per heavy atom. The second-order valence-corrected chi connectivity index (χ2v) is 3.41. The van der Waals surface area contributed by atoms with Crippen LogP contribution in [0.4, 0.5) is 0 Å². The molecule has 0 aromatic heterocycles. The van der Waals surface area contributed by atoms with Crippen molar-refractivity contribution in [3.05, 3.63) is 35.4 Å². The average molecular weight is 175 g/mol. The lowest BCUT2D eigenvalue weighted by Gasteiger charge is -2.03. The molecule has 13 heavy (non-hydrogen) atoms. The van der Waals surface area contributed by atoms with Crippen molar-refractivity contribution in [1.82, 2.24) is 0 Å². The highest BCUT2D eigenvalue weighted by Crippen LogP contribution is 2.14. The number of hydrogen-bond donors (Lipinski definition) is 0. The molecule has 0 amide bonds. The Morgan fingerprint density at radius 1 is 1.38 bits per heavy atom. The van der Waals surface area contributed by atoms with E-state index < -0.39 is 0 Å². The van der Waals surface area contributed by atoms with Crippen molar-refractivity contribution in [3.8, 4) is 0 Å². The molecule has 1 aliphatic rings. The van der Waals surface area contributed by atoms with Gasteiger partial charge in [-0.25, -0.2) is 4.99 Å². The average Bonchev–Trinajstić information content (AvgIpc) is 2.53. The molecule has 2 nitrogen and oxygen atoms in total. The quantitative estimate of drug-likeness (QED) is 0.641. The first kappa shape index (κ1) is 8.30. The third-order valence-corrected chi connectivity index (χ3v) is 2.17. The first-order valence-corrected chi connectivity index (χ1v) is 4.54. The highest BCUT2D eigenvalue weighted by Gasteiger charge is 2.16. The fraction of sp³-hybridized carbons (Fsp3) is 0.364. The molecule has 1 atom stereocenters. The van der Waals surface area contributed by atoms with Gasteiger partial charge in [0.1, 0.15) is 6.61 Å². The third kappa shape index (κ3) is 1.57. The molecule has 2 heteroatoms. The normalized spacial score (nSPS) is 21.1. The van der Waals surface area contributed by atoms with Crippen molar-refractivity contribution >= 4 is 5.90 Å². The molecule has 0 saturated heterocycles. The molecule has 0 saturated carbocycles. The van der Waals surface area contributed by atoms with E-state index in [1.165, 1.54) is 5.56 Å². The van der Waals surface area contributed by atoms with Gasteiger partial charge in [0.15, 0.2) is 0 Å². The monoisotopic (exact) mass is 175 g/mol. The van der Waals surface area contributed by atoms with Gasteiger partial charge in [-0.1, -0.05) is 18.2 Å². The minimum Gasteiger partial charge on any atom is -0.475 e. The summed E-state index contributed by atoms with van der Waals surface area (Å²) in [5.74, 6) is 0.797. The topological polar surface area (TPSA) is 21.6 Å². The van der Waals surface area contributed by atoms with Crippen molar-refractivity contribution in [1.29, 1.82) is 0 Å². The van der Waals surface area contributed by atoms with Crippen LogP contribution in [-0.4, -0.2) is 18.5 Å². The summed E-state index contributed by atoms with van der Waals surface area (Å²) in [5.41, 5.74) is 2.34. The molecule has 0 N–H and O–H groups in total. The number of rotatable bonds is 1. The molecular weight excluding hydrogens is 162 g/mol. The zero-order valence-electron chi connectivity index (χ0n) is 7.95. The summed E-state index contributed by atoms with van der Waals surface area (Å²) in [4.78, 5) is 4.41. The van der Waals surface area contributed by atoms with Gasteiger partial charge in [0, 0.05) is 5.56 Å². The van der Waals surface area contributed by atoms with Crippen LogP contribution in [0.1, 0.15) is 18.1 Å². The van der Waals surface area contributed by atoms with Crippen molar-refractivity contribution in [2.75, 3.05) is 6.61 Å². The lowest BCUT2D eigenvalue weighted by atomic mass is 10.1. The summed E-state index contributed by atoms with van der Waals surface area (Å²) < 4.78 is 5.48. The van der Waals surface area contributed by atoms with Crippen LogP contribution in [0.5, 0.6) is 0 Å². The lowest BCUT2D eigenvalue weighted by Crippen LogP contribution is -2.03. The van der Waals surface area contributed by atoms with Crippen LogP contribution in [0.3, 0.4) is 0 Å². The largest absolute Gasteiger partial charge is 0.475 e. The van der Waals surface area contributed by atoms with Crippen LogP contribution in [0, 0.1) is 6.92 Å². The molecule has 0 spiro atoms. The van der Waals surface area contributed by atoms with Gasteiger partial charge in [0.25, 0.3) is 0 Å². The van der Waals surface area contributed by atoms with Gasteiger partial charge in [-0.2, -0.15) is 0 Å². The Morgan fingerprint density at radius 3 is 2.77 bits per heavy atom. The maximum atomic E-state index is 5.48. The highest BCUT2D eigenvalue weighted by atomic mass is 16.5. The predicted octanol–water partition coefficient (Wildman–Crippen LogP) is 2.16. The van der Waals surface area contributed by atoms with Crippen LogP contribution in [0.15, 0.2) is 29.3 Å². The molecule has 1 aromatic rings. The van der Waals surface area contributed by atoms with Crippen molar-refractivity contribution in [3.63, 3.8) is 0 Å². The minimum absolute atomic E-state index is 0.301. The molecule has 1 heterocycles. The molecule has 68 valence electrons. The zero-order valence-corrected chi connectivity index (χ0v) is 7.95. The van der Waals surface area contributed by atoms with Crippen molar-refractivity contribution in [2.45, 2.75) is 19.9 Å². The van der Waals surface area contributed by atoms with E-state index in [1.807, 2.05) is 18.2 Å². The Hall–Kier alpha value is -1.31. The van der Waals surface area contributed by atoms with Gasteiger partial charge in [-0.3, -0.25) is 0 Å². The van der Waals surface area contributed by atoms with E-state index in [-0.39, 0.29) is 0 Å². The van der Waals surface area contributed by atoms with Crippen molar-refractivity contribution in [2.24, 2.45) is 4.99 Å². The number of ether oxygens (including phenoxy) is 1. The fourth-order valence-electron chi connectivity index (χ4n) is 1.43. The lowest BCUT2D eigenvalue weighted by molar-refractivity contribution is 0.324. The van der Waals surface area contributed by atoms with Gasteiger partial charge in [-0.05, 0) is 25.5 Å². The van der Waals surface area contributed by atoms with E-state index in [0.29, 0.717) is 12.6 Å². The van der Waals surface area contributed by atoms with E-state index in [4.69, 9.17) is 4.74 Å². The minimum atomic E-state index is 0.301. The maximum Gasteiger partial charge on any atom is 0.216 e. The summed E-state index contributed by atoms with van der Waals surface area (Å²) in [7, 11) is 0. The number of hydrogen-bond acceptors (Lipinski definition) is 2. The Labute approximate surface area is 78.3 Å². The molecule has 1 aliphatic heterocycles. The SMILES string of the molecule is Cc1ccccc1C1=N[C@@H](C)CO1. The third-order valence-electron chi connectivity index (χ3n) is 2.17. The predicted molar refractivity (Wildman–Crippen MR) is 53.1 cm³/mol. The molecule has 1 aromatic carbocycles. The highest BCUT2D eigenvalue weighted by molar-refractivity contribution is 5.96. The van der Waals surface area contributed by atoms with E-state index >= 15 is 0 Å². The number of aliphatic imine (C=N–C) groups is 1. The van der Waals surface area contributed by atoms with Gasteiger partial charge in [0.2, 0.25) is 5.90 Å². The molecule has 0 unspecified atom stereocenters. The molecule has 0 fully saturated rings. The zero-order chi connectivity index (χ0) is 9.26. The maximum absolute atomic E-state index is 5.48. The van der Waals surface area contributed by atoms with Crippen LogP contribution in [0.25, 0.3) is 0 Å². The summed E-state index contributed by atoms with van der Waals surface area (Å²) >= 11 is 0. The first-order chi connectivity index (χ1) is 6.27. The van der Waals surface area contributed by atoms with Crippen LogP contribution < -0.4 is 0 Å². The Bertz CT molecular complexity index is 344. The van der Waals surface area contributed by atoms with Crippen LogP contribution in [-0.2, 0) is 4.74 Å². The fourth-order valence-corrected chi connectivity index (χ4v) is 1.43. The van der Waals surface area contributed by atoms with Gasteiger partial charge >= 0.3 is 0 Å².